The molecule has 2 unspecified atom stereocenters. The Kier molecular flexibility index (Phi) is 7.54. The molecule has 0 bridgehead atoms. The van der Waals surface area contributed by atoms with Crippen molar-refractivity contribution < 1.29 is 14.0 Å². The van der Waals surface area contributed by atoms with Gasteiger partial charge in [-0.3, -0.25) is 9.59 Å². The van der Waals surface area contributed by atoms with Gasteiger partial charge in [0.15, 0.2) is 0 Å². The lowest BCUT2D eigenvalue weighted by Gasteiger charge is -2.43. The van der Waals surface area contributed by atoms with Crippen molar-refractivity contribution in [2.24, 2.45) is 5.92 Å². The number of likely N-dealkylation sites (tertiary alicyclic amines) is 1. The summed E-state index contributed by atoms with van der Waals surface area (Å²) in [5.41, 5.74) is 3.86. The minimum absolute atomic E-state index is 0.0296. The van der Waals surface area contributed by atoms with Crippen molar-refractivity contribution in [1.29, 1.82) is 0 Å². The van der Waals surface area contributed by atoms with Crippen LogP contribution in [0.4, 0.5) is 10.1 Å². The molecule has 2 saturated heterocycles. The zero-order valence-corrected chi connectivity index (χ0v) is 21.4. The lowest BCUT2D eigenvalue weighted by Crippen LogP contribution is -2.53. The van der Waals surface area contributed by atoms with E-state index in [-0.39, 0.29) is 29.6 Å². The van der Waals surface area contributed by atoms with E-state index < -0.39 is 0 Å². The van der Waals surface area contributed by atoms with Gasteiger partial charge < -0.3 is 14.7 Å². The third-order valence-electron chi connectivity index (χ3n) is 7.66. The molecule has 0 spiro atoms. The Hall–Kier alpha value is -3.67. The van der Waals surface area contributed by atoms with E-state index in [2.05, 4.69) is 25.1 Å². The second-order valence-corrected chi connectivity index (χ2v) is 10.2. The number of aryl methyl sites for hydroxylation is 1. The zero-order chi connectivity index (χ0) is 25.8. The highest BCUT2D eigenvalue weighted by molar-refractivity contribution is 5.83. The highest BCUT2D eigenvalue weighted by Crippen LogP contribution is 2.35. The summed E-state index contributed by atoms with van der Waals surface area (Å²) in [5, 5.41) is 0. The van der Waals surface area contributed by atoms with E-state index in [1.54, 1.807) is 12.1 Å². The summed E-state index contributed by atoms with van der Waals surface area (Å²) in [5.74, 6) is -0.293. The fourth-order valence-corrected chi connectivity index (χ4v) is 5.68. The quantitative estimate of drug-likeness (QED) is 0.496. The first-order chi connectivity index (χ1) is 18.0. The van der Waals surface area contributed by atoms with Gasteiger partial charge in [-0.05, 0) is 43.0 Å². The number of carbonyl (C=O) groups excluding carboxylic acids is 2. The van der Waals surface area contributed by atoms with Gasteiger partial charge in [-0.1, -0.05) is 72.3 Å². The topological polar surface area (TPSA) is 43.9 Å². The van der Waals surface area contributed by atoms with Crippen LogP contribution in [-0.2, 0) is 16.0 Å². The molecule has 0 N–H and O–H groups in total. The number of piperidine rings is 1. The van der Waals surface area contributed by atoms with E-state index in [0.29, 0.717) is 44.8 Å². The molecule has 5 rings (SSSR count). The molecule has 2 atom stereocenters. The number of hydrogen-bond donors (Lipinski definition) is 0. The monoisotopic (exact) mass is 499 g/mol. The van der Waals surface area contributed by atoms with Gasteiger partial charge in [-0.2, -0.15) is 0 Å². The number of anilines is 1. The largest absolute Gasteiger partial charge is 0.366 e. The lowest BCUT2D eigenvalue weighted by atomic mass is 9.87. The summed E-state index contributed by atoms with van der Waals surface area (Å²) in [4.78, 5) is 33.0. The molecule has 3 aromatic carbocycles. The number of amides is 2. The number of piperazine rings is 1. The molecule has 2 aliphatic rings. The molecule has 37 heavy (non-hydrogen) atoms. The van der Waals surface area contributed by atoms with Crippen LogP contribution >= 0.6 is 0 Å². The first-order valence-corrected chi connectivity index (χ1v) is 13.2. The third kappa shape index (κ3) is 5.68. The van der Waals surface area contributed by atoms with Gasteiger partial charge >= 0.3 is 0 Å². The molecule has 2 aliphatic heterocycles. The summed E-state index contributed by atoms with van der Waals surface area (Å²) in [6.07, 6.45) is 1.83. The molecule has 2 amide bonds. The average molecular weight is 500 g/mol. The van der Waals surface area contributed by atoms with Gasteiger partial charge in [-0.25, -0.2) is 4.39 Å². The summed E-state index contributed by atoms with van der Waals surface area (Å²) in [6.45, 7) is 4.81. The van der Waals surface area contributed by atoms with Gasteiger partial charge in [0.05, 0.1) is 24.1 Å². The van der Waals surface area contributed by atoms with E-state index in [9.17, 15) is 14.0 Å². The van der Waals surface area contributed by atoms with Crippen LogP contribution in [0.2, 0.25) is 0 Å². The van der Waals surface area contributed by atoms with Crippen LogP contribution in [0.3, 0.4) is 0 Å². The van der Waals surface area contributed by atoms with E-state index >= 15 is 0 Å². The van der Waals surface area contributed by atoms with Crippen LogP contribution in [0.15, 0.2) is 78.9 Å². The number of para-hydroxylation sites is 1. The molecule has 2 fully saturated rings. The highest BCUT2D eigenvalue weighted by Gasteiger charge is 2.37. The molecule has 192 valence electrons. The number of hydrogen-bond acceptors (Lipinski definition) is 3. The second kappa shape index (κ2) is 11.2. The van der Waals surface area contributed by atoms with Gasteiger partial charge in [0.1, 0.15) is 5.82 Å². The second-order valence-electron chi connectivity index (χ2n) is 10.2. The number of benzene rings is 3. The van der Waals surface area contributed by atoms with Crippen molar-refractivity contribution in [2.45, 2.75) is 32.2 Å². The van der Waals surface area contributed by atoms with Crippen LogP contribution in [0, 0.1) is 18.7 Å². The minimum Gasteiger partial charge on any atom is -0.366 e. The smallest absolute Gasteiger partial charge is 0.227 e. The van der Waals surface area contributed by atoms with Crippen LogP contribution in [0.5, 0.6) is 0 Å². The maximum Gasteiger partial charge on any atom is 0.227 e. The van der Waals surface area contributed by atoms with Crippen molar-refractivity contribution >= 4 is 17.5 Å². The predicted octanol–water partition coefficient (Wildman–Crippen LogP) is 5.01. The Bertz CT molecular complexity index is 1240. The molecular formula is C31H34FN3O2. The standard InChI is InChI=1S/C31H34FN3O2/c1-23-8-7-11-25(20-23)28-15-14-26(22-35(28)30(36)21-24-9-3-2-4-10-24)31(37)34-18-16-33(17-19-34)29-13-6-5-12-27(29)32/h2-13,20,26,28H,14-19,21-22H2,1H3. The maximum absolute atomic E-state index is 14.2. The van der Waals surface area contributed by atoms with E-state index in [4.69, 9.17) is 0 Å². The summed E-state index contributed by atoms with van der Waals surface area (Å²) in [7, 11) is 0. The Labute approximate surface area is 218 Å². The van der Waals surface area contributed by atoms with Gasteiger partial charge in [-0.15, -0.1) is 0 Å². The van der Waals surface area contributed by atoms with Crippen LogP contribution in [-0.4, -0.2) is 54.3 Å². The Balaban J connectivity index is 1.29. The molecule has 0 radical (unpaired) electrons. The van der Waals surface area contributed by atoms with Crippen molar-refractivity contribution in [1.82, 2.24) is 9.80 Å². The minimum atomic E-state index is -0.232. The molecule has 0 aliphatic carbocycles. The molecule has 0 saturated carbocycles. The number of halogens is 1. The van der Waals surface area contributed by atoms with Crippen LogP contribution in [0.25, 0.3) is 0 Å². The predicted molar refractivity (Wildman–Crippen MR) is 144 cm³/mol. The molecule has 0 aromatic heterocycles. The number of rotatable bonds is 5. The third-order valence-corrected chi connectivity index (χ3v) is 7.66. The summed E-state index contributed by atoms with van der Waals surface area (Å²) in [6, 6.07) is 24.9. The lowest BCUT2D eigenvalue weighted by molar-refractivity contribution is -0.143. The van der Waals surface area contributed by atoms with Crippen molar-refractivity contribution in [2.75, 3.05) is 37.6 Å². The first kappa shape index (κ1) is 25.0. The first-order valence-electron chi connectivity index (χ1n) is 13.2. The van der Waals surface area contributed by atoms with Gasteiger partial charge in [0.25, 0.3) is 0 Å². The SMILES string of the molecule is Cc1cccc(C2CCC(C(=O)N3CCN(c4ccccc4F)CC3)CN2C(=O)Cc2ccccc2)c1. The highest BCUT2D eigenvalue weighted by atomic mass is 19.1. The normalized spacial score (nSPS) is 20.1. The zero-order valence-electron chi connectivity index (χ0n) is 21.4. The summed E-state index contributed by atoms with van der Waals surface area (Å²) >= 11 is 0. The molecule has 3 aromatic rings. The van der Waals surface area contributed by atoms with Gasteiger partial charge in [0.2, 0.25) is 11.8 Å². The fraction of sp³-hybridized carbons (Fsp3) is 0.355. The van der Waals surface area contributed by atoms with Crippen LogP contribution in [0.1, 0.15) is 35.6 Å². The Morgan fingerprint density at radius 1 is 0.865 bits per heavy atom. The Morgan fingerprint density at radius 3 is 2.32 bits per heavy atom. The molecule has 5 nitrogen and oxygen atoms in total. The van der Waals surface area contributed by atoms with Crippen molar-refractivity contribution in [3.63, 3.8) is 0 Å². The van der Waals surface area contributed by atoms with E-state index in [1.165, 1.54) is 11.6 Å². The van der Waals surface area contributed by atoms with E-state index in [1.807, 2.05) is 57.2 Å². The summed E-state index contributed by atoms with van der Waals surface area (Å²) < 4.78 is 14.2. The number of nitrogens with zero attached hydrogens (tertiary/aromatic N) is 3. The maximum atomic E-state index is 14.2. The molecular weight excluding hydrogens is 465 g/mol. The van der Waals surface area contributed by atoms with Crippen LogP contribution < -0.4 is 4.90 Å². The molecule has 2 heterocycles. The van der Waals surface area contributed by atoms with E-state index in [0.717, 1.165) is 24.0 Å². The Morgan fingerprint density at radius 2 is 1.59 bits per heavy atom. The molecule has 6 heteroatoms. The number of carbonyl (C=O) groups is 2. The van der Waals surface area contributed by atoms with Crippen molar-refractivity contribution in [3.05, 3.63) is 101 Å². The van der Waals surface area contributed by atoms with Gasteiger partial charge in [0, 0.05) is 32.7 Å². The fourth-order valence-electron chi connectivity index (χ4n) is 5.68. The average Bonchev–Trinajstić information content (AvgIpc) is 2.93. The van der Waals surface area contributed by atoms with Crippen molar-refractivity contribution in [3.8, 4) is 0 Å².